The minimum absolute atomic E-state index is 0.0557. The Labute approximate surface area is 149 Å². The van der Waals surface area contributed by atoms with E-state index < -0.39 is 29.1 Å². The summed E-state index contributed by atoms with van der Waals surface area (Å²) in [6.07, 6.45) is 4.54. The number of hydrogen-bond acceptors (Lipinski definition) is 1. The van der Waals surface area contributed by atoms with Crippen molar-refractivity contribution in [1.29, 1.82) is 0 Å². The standard InChI is InChI=1S/C21H18F4O/c22-15-9-7-13(17(19(15)24)11-3-1-4-11)21(26)14-8-10-16(23)20(25)18(14)12-5-2-6-12/h7-12H,1-6H2. The van der Waals surface area contributed by atoms with Crippen molar-refractivity contribution in [3.8, 4) is 0 Å². The molecule has 0 heterocycles. The van der Waals surface area contributed by atoms with Gasteiger partial charge >= 0.3 is 0 Å². The summed E-state index contributed by atoms with van der Waals surface area (Å²) in [6, 6.07) is 4.38. The third-order valence-electron chi connectivity index (χ3n) is 5.78. The third-order valence-corrected chi connectivity index (χ3v) is 5.78. The second kappa shape index (κ2) is 6.53. The Morgan fingerprint density at radius 1 is 0.692 bits per heavy atom. The zero-order valence-corrected chi connectivity index (χ0v) is 14.1. The van der Waals surface area contributed by atoms with Gasteiger partial charge in [-0.25, -0.2) is 17.6 Å². The summed E-state index contributed by atoms with van der Waals surface area (Å²) in [6.45, 7) is 0. The number of benzene rings is 2. The predicted octanol–water partition coefficient (Wildman–Crippen LogP) is 6.01. The molecule has 0 saturated heterocycles. The number of carbonyl (C=O) groups excluding carboxylic acids is 1. The van der Waals surface area contributed by atoms with Crippen molar-refractivity contribution in [2.24, 2.45) is 0 Å². The first-order chi connectivity index (χ1) is 12.5. The van der Waals surface area contributed by atoms with Crippen LogP contribution in [0.4, 0.5) is 17.6 Å². The van der Waals surface area contributed by atoms with E-state index in [0.29, 0.717) is 25.7 Å². The first-order valence-electron chi connectivity index (χ1n) is 8.99. The summed E-state index contributed by atoms with van der Waals surface area (Å²) in [7, 11) is 0. The molecule has 0 aliphatic heterocycles. The lowest BCUT2D eigenvalue weighted by Crippen LogP contribution is -2.21. The monoisotopic (exact) mass is 362 g/mol. The molecule has 0 bridgehead atoms. The Bertz CT molecular complexity index is 811. The summed E-state index contributed by atoms with van der Waals surface area (Å²) in [5.74, 6) is -4.97. The van der Waals surface area contributed by atoms with Crippen LogP contribution in [0.15, 0.2) is 24.3 Å². The molecule has 0 unspecified atom stereocenters. The zero-order valence-electron chi connectivity index (χ0n) is 14.1. The van der Waals surface area contributed by atoms with Crippen LogP contribution in [0, 0.1) is 23.3 Å². The molecule has 2 saturated carbocycles. The molecule has 2 aromatic carbocycles. The van der Waals surface area contributed by atoms with Crippen molar-refractivity contribution in [2.45, 2.75) is 50.4 Å². The molecule has 0 spiro atoms. The van der Waals surface area contributed by atoms with Crippen LogP contribution in [0.1, 0.15) is 77.4 Å². The highest BCUT2D eigenvalue weighted by molar-refractivity contribution is 6.11. The minimum atomic E-state index is -1.01. The van der Waals surface area contributed by atoms with E-state index in [4.69, 9.17) is 0 Å². The lowest BCUT2D eigenvalue weighted by atomic mass is 9.74. The van der Waals surface area contributed by atoms with Gasteiger partial charge in [0.05, 0.1) is 0 Å². The molecule has 0 N–H and O–H groups in total. The van der Waals surface area contributed by atoms with E-state index in [9.17, 15) is 22.4 Å². The van der Waals surface area contributed by atoms with Gasteiger partial charge in [0.15, 0.2) is 29.1 Å². The average molecular weight is 362 g/mol. The second-order valence-corrected chi connectivity index (χ2v) is 7.23. The molecule has 0 radical (unpaired) electrons. The van der Waals surface area contributed by atoms with Gasteiger partial charge in [0, 0.05) is 22.3 Å². The van der Waals surface area contributed by atoms with Crippen molar-refractivity contribution in [3.05, 3.63) is 69.8 Å². The Balaban J connectivity index is 1.85. The zero-order chi connectivity index (χ0) is 18.4. The summed E-state index contributed by atoms with van der Waals surface area (Å²) < 4.78 is 56.3. The van der Waals surface area contributed by atoms with Crippen molar-refractivity contribution < 1.29 is 22.4 Å². The molecule has 2 aliphatic rings. The Morgan fingerprint density at radius 3 is 1.38 bits per heavy atom. The highest BCUT2D eigenvalue weighted by Crippen LogP contribution is 2.43. The van der Waals surface area contributed by atoms with E-state index in [-0.39, 0.29) is 34.1 Å². The minimum Gasteiger partial charge on any atom is -0.289 e. The van der Waals surface area contributed by atoms with E-state index in [1.165, 1.54) is 12.1 Å². The van der Waals surface area contributed by atoms with E-state index in [2.05, 4.69) is 0 Å². The van der Waals surface area contributed by atoms with Gasteiger partial charge in [-0.2, -0.15) is 0 Å². The largest absolute Gasteiger partial charge is 0.289 e. The van der Waals surface area contributed by atoms with Crippen LogP contribution in [-0.2, 0) is 0 Å². The first-order valence-corrected chi connectivity index (χ1v) is 8.99. The lowest BCUT2D eigenvalue weighted by Gasteiger charge is -2.30. The molecule has 136 valence electrons. The Kier molecular flexibility index (Phi) is 4.33. The number of rotatable bonds is 4. The van der Waals surface area contributed by atoms with Gasteiger partial charge in [-0.15, -0.1) is 0 Å². The first kappa shape index (κ1) is 17.3. The van der Waals surface area contributed by atoms with E-state index in [1.54, 1.807) is 0 Å². The van der Waals surface area contributed by atoms with Crippen LogP contribution in [0.25, 0.3) is 0 Å². The summed E-state index contributed by atoms with van der Waals surface area (Å²) >= 11 is 0. The van der Waals surface area contributed by atoms with E-state index in [0.717, 1.165) is 25.0 Å². The van der Waals surface area contributed by atoms with Crippen LogP contribution < -0.4 is 0 Å². The predicted molar refractivity (Wildman–Crippen MR) is 89.3 cm³/mol. The molecule has 2 aromatic rings. The molecular weight excluding hydrogens is 344 g/mol. The summed E-state index contributed by atoms with van der Waals surface area (Å²) in [5, 5.41) is 0. The normalized spacial score (nSPS) is 17.7. The number of hydrogen-bond donors (Lipinski definition) is 0. The van der Waals surface area contributed by atoms with Crippen LogP contribution in [0.2, 0.25) is 0 Å². The fraction of sp³-hybridized carbons (Fsp3) is 0.381. The van der Waals surface area contributed by atoms with Gasteiger partial charge in [-0.3, -0.25) is 4.79 Å². The molecule has 1 nitrogen and oxygen atoms in total. The van der Waals surface area contributed by atoms with Gasteiger partial charge < -0.3 is 0 Å². The highest BCUT2D eigenvalue weighted by Gasteiger charge is 2.33. The number of carbonyl (C=O) groups is 1. The number of ketones is 1. The topological polar surface area (TPSA) is 17.1 Å². The molecule has 26 heavy (non-hydrogen) atoms. The molecule has 5 heteroatoms. The maximum absolute atomic E-state index is 14.4. The van der Waals surface area contributed by atoms with Crippen LogP contribution in [0.3, 0.4) is 0 Å². The highest BCUT2D eigenvalue weighted by atomic mass is 19.2. The smallest absolute Gasteiger partial charge is 0.193 e. The SMILES string of the molecule is O=C(c1ccc(F)c(F)c1C1CCC1)c1ccc(F)c(F)c1C1CCC1. The Morgan fingerprint density at radius 2 is 1.08 bits per heavy atom. The van der Waals surface area contributed by atoms with Gasteiger partial charge in [-0.1, -0.05) is 12.8 Å². The second-order valence-electron chi connectivity index (χ2n) is 7.23. The Hall–Kier alpha value is -2.17. The molecular formula is C21H18F4O. The quantitative estimate of drug-likeness (QED) is 0.481. The van der Waals surface area contributed by atoms with Crippen LogP contribution in [-0.4, -0.2) is 5.78 Å². The average Bonchev–Trinajstić information content (AvgIpc) is 2.52. The van der Waals surface area contributed by atoms with Crippen molar-refractivity contribution in [1.82, 2.24) is 0 Å². The van der Waals surface area contributed by atoms with Gasteiger partial charge in [-0.05, 0) is 61.8 Å². The molecule has 2 fully saturated rings. The third kappa shape index (κ3) is 2.65. The fourth-order valence-corrected chi connectivity index (χ4v) is 3.87. The molecule has 0 amide bonds. The van der Waals surface area contributed by atoms with E-state index in [1.807, 2.05) is 0 Å². The van der Waals surface area contributed by atoms with Crippen LogP contribution in [0.5, 0.6) is 0 Å². The maximum Gasteiger partial charge on any atom is 0.193 e. The van der Waals surface area contributed by atoms with Crippen molar-refractivity contribution in [3.63, 3.8) is 0 Å². The van der Waals surface area contributed by atoms with Gasteiger partial charge in [0.2, 0.25) is 0 Å². The molecule has 2 aliphatic carbocycles. The molecule has 0 aromatic heterocycles. The summed E-state index contributed by atoms with van der Waals surface area (Å²) in [5.41, 5.74) is 0.261. The van der Waals surface area contributed by atoms with Gasteiger partial charge in [0.1, 0.15) is 0 Å². The summed E-state index contributed by atoms with van der Waals surface area (Å²) in [4.78, 5) is 13.1. The van der Waals surface area contributed by atoms with Crippen molar-refractivity contribution in [2.75, 3.05) is 0 Å². The fourth-order valence-electron chi connectivity index (χ4n) is 3.87. The lowest BCUT2D eigenvalue weighted by molar-refractivity contribution is 0.103. The number of halogens is 4. The molecule has 4 rings (SSSR count). The van der Waals surface area contributed by atoms with E-state index >= 15 is 0 Å². The molecule has 0 atom stereocenters. The van der Waals surface area contributed by atoms with Gasteiger partial charge in [0.25, 0.3) is 0 Å². The van der Waals surface area contributed by atoms with Crippen LogP contribution >= 0.6 is 0 Å². The maximum atomic E-state index is 14.4. The van der Waals surface area contributed by atoms with Crippen molar-refractivity contribution >= 4 is 5.78 Å².